The second-order valence-electron chi connectivity index (χ2n) is 5.38. The van der Waals surface area contributed by atoms with Crippen molar-refractivity contribution in [2.45, 2.75) is 25.3 Å². The minimum absolute atomic E-state index is 0. The van der Waals surface area contributed by atoms with Gasteiger partial charge in [-0.3, -0.25) is 9.36 Å². The summed E-state index contributed by atoms with van der Waals surface area (Å²) < 4.78 is 1.77. The summed E-state index contributed by atoms with van der Waals surface area (Å²) in [7, 11) is 0. The summed E-state index contributed by atoms with van der Waals surface area (Å²) in [4.78, 5) is 20.6. The van der Waals surface area contributed by atoms with Crippen molar-refractivity contribution in [3.8, 4) is 5.82 Å². The van der Waals surface area contributed by atoms with E-state index in [2.05, 4.69) is 15.3 Å². The molecule has 0 radical (unpaired) electrons. The SMILES string of the molecule is Cl.Cl.NCC1CCCC1NC(=O)c1ccnc(-n2ccnc2)c1. The van der Waals surface area contributed by atoms with Crippen molar-refractivity contribution < 1.29 is 4.79 Å². The van der Waals surface area contributed by atoms with Crippen molar-refractivity contribution in [3.05, 3.63) is 42.6 Å². The number of carbonyl (C=O) groups excluding carboxylic acids is 1. The summed E-state index contributed by atoms with van der Waals surface area (Å²) in [5, 5.41) is 3.10. The lowest BCUT2D eigenvalue weighted by molar-refractivity contribution is 0.0928. The molecular formula is C15H21Cl2N5O. The van der Waals surface area contributed by atoms with E-state index in [0.29, 0.717) is 23.8 Å². The van der Waals surface area contributed by atoms with Crippen LogP contribution in [0.2, 0.25) is 0 Å². The Kier molecular flexibility index (Phi) is 7.48. The second kappa shape index (κ2) is 8.86. The van der Waals surface area contributed by atoms with Crippen molar-refractivity contribution in [2.75, 3.05) is 6.54 Å². The van der Waals surface area contributed by atoms with Crippen LogP contribution in [0.15, 0.2) is 37.1 Å². The number of aromatic nitrogens is 3. The molecule has 6 nitrogen and oxygen atoms in total. The minimum Gasteiger partial charge on any atom is -0.349 e. The topological polar surface area (TPSA) is 85.8 Å². The molecule has 1 aliphatic rings. The molecule has 2 heterocycles. The van der Waals surface area contributed by atoms with Gasteiger partial charge in [0.25, 0.3) is 5.91 Å². The van der Waals surface area contributed by atoms with Crippen molar-refractivity contribution >= 4 is 30.7 Å². The van der Waals surface area contributed by atoms with E-state index in [4.69, 9.17) is 5.73 Å². The van der Waals surface area contributed by atoms with Crippen molar-refractivity contribution in [3.63, 3.8) is 0 Å². The van der Waals surface area contributed by atoms with Crippen molar-refractivity contribution in [2.24, 2.45) is 11.7 Å². The van der Waals surface area contributed by atoms with Gasteiger partial charge in [0.2, 0.25) is 0 Å². The third kappa shape index (κ3) is 4.43. The molecule has 1 aliphatic carbocycles. The molecule has 1 amide bonds. The molecule has 0 aromatic carbocycles. The van der Waals surface area contributed by atoms with Gasteiger partial charge >= 0.3 is 0 Å². The Morgan fingerprint density at radius 2 is 2.17 bits per heavy atom. The molecule has 2 aromatic rings. The molecule has 1 saturated carbocycles. The Labute approximate surface area is 147 Å². The van der Waals surface area contributed by atoms with E-state index in [1.807, 2.05) is 0 Å². The first-order valence-electron chi connectivity index (χ1n) is 7.23. The van der Waals surface area contributed by atoms with Gasteiger partial charge in [0.15, 0.2) is 0 Å². The van der Waals surface area contributed by atoms with Crippen LogP contribution in [0.3, 0.4) is 0 Å². The summed E-state index contributed by atoms with van der Waals surface area (Å²) in [6, 6.07) is 3.68. The van der Waals surface area contributed by atoms with E-state index in [0.717, 1.165) is 19.3 Å². The maximum atomic E-state index is 12.4. The quantitative estimate of drug-likeness (QED) is 0.875. The van der Waals surface area contributed by atoms with Gasteiger partial charge in [0.05, 0.1) is 0 Å². The van der Waals surface area contributed by atoms with Crippen molar-refractivity contribution in [1.82, 2.24) is 19.9 Å². The van der Waals surface area contributed by atoms with E-state index in [9.17, 15) is 4.79 Å². The fourth-order valence-corrected chi connectivity index (χ4v) is 2.86. The number of hydrogen-bond acceptors (Lipinski definition) is 4. The largest absolute Gasteiger partial charge is 0.349 e. The Morgan fingerprint density at radius 1 is 1.35 bits per heavy atom. The zero-order valence-corrected chi connectivity index (χ0v) is 14.2. The summed E-state index contributed by atoms with van der Waals surface area (Å²) >= 11 is 0. The lowest BCUT2D eigenvalue weighted by atomic mass is 10.0. The zero-order valence-electron chi connectivity index (χ0n) is 12.6. The molecule has 0 bridgehead atoms. The van der Waals surface area contributed by atoms with E-state index in [1.54, 1.807) is 41.6 Å². The maximum Gasteiger partial charge on any atom is 0.251 e. The van der Waals surface area contributed by atoms with Crippen LogP contribution in [-0.2, 0) is 0 Å². The van der Waals surface area contributed by atoms with Crippen LogP contribution in [0.5, 0.6) is 0 Å². The van der Waals surface area contributed by atoms with Crippen LogP contribution in [0.25, 0.3) is 5.82 Å². The molecule has 126 valence electrons. The molecule has 2 unspecified atom stereocenters. The molecule has 23 heavy (non-hydrogen) atoms. The van der Waals surface area contributed by atoms with Gasteiger partial charge in [-0.1, -0.05) is 6.42 Å². The highest BCUT2D eigenvalue weighted by Gasteiger charge is 2.27. The van der Waals surface area contributed by atoms with E-state index in [-0.39, 0.29) is 36.8 Å². The first kappa shape index (κ1) is 19.4. The average Bonchev–Trinajstić information content (AvgIpc) is 3.18. The molecule has 3 N–H and O–H groups in total. The standard InChI is InChI=1S/C15H19N5O.2ClH/c16-9-12-2-1-3-13(12)19-15(21)11-4-5-18-14(8-11)20-7-6-17-10-20;;/h4-8,10,12-13H,1-3,9,16H2,(H,19,21);2*1H. The summed E-state index contributed by atoms with van der Waals surface area (Å²) in [6.45, 7) is 0.627. The average molecular weight is 358 g/mol. The molecule has 0 spiro atoms. The molecular weight excluding hydrogens is 337 g/mol. The van der Waals surface area contributed by atoms with Gasteiger partial charge in [-0.15, -0.1) is 24.8 Å². The Hall–Kier alpha value is -1.63. The number of carbonyl (C=O) groups is 1. The van der Waals surface area contributed by atoms with Gasteiger partial charge < -0.3 is 11.1 Å². The lowest BCUT2D eigenvalue weighted by Crippen LogP contribution is -2.39. The number of pyridine rings is 1. The normalized spacial score (nSPS) is 19.5. The number of imidazole rings is 1. The number of nitrogens with one attached hydrogen (secondary N) is 1. The van der Waals surface area contributed by atoms with Gasteiger partial charge in [-0.25, -0.2) is 9.97 Å². The highest BCUT2D eigenvalue weighted by molar-refractivity contribution is 5.94. The Bertz CT molecular complexity index is 620. The molecule has 2 aromatic heterocycles. The molecule has 2 atom stereocenters. The summed E-state index contributed by atoms with van der Waals surface area (Å²) in [5.74, 6) is 1.01. The fourth-order valence-electron chi connectivity index (χ4n) is 2.86. The van der Waals surface area contributed by atoms with E-state index < -0.39 is 0 Å². The van der Waals surface area contributed by atoms with Crippen LogP contribution in [0, 0.1) is 5.92 Å². The van der Waals surface area contributed by atoms with Crippen LogP contribution in [-0.4, -0.2) is 33.0 Å². The smallest absolute Gasteiger partial charge is 0.251 e. The van der Waals surface area contributed by atoms with E-state index >= 15 is 0 Å². The Morgan fingerprint density at radius 3 is 2.87 bits per heavy atom. The van der Waals surface area contributed by atoms with Gasteiger partial charge in [0, 0.05) is 30.2 Å². The molecule has 3 rings (SSSR count). The van der Waals surface area contributed by atoms with Crippen LogP contribution < -0.4 is 11.1 Å². The van der Waals surface area contributed by atoms with Gasteiger partial charge in [-0.05, 0) is 37.4 Å². The molecule has 0 aliphatic heterocycles. The van der Waals surface area contributed by atoms with Crippen molar-refractivity contribution in [1.29, 1.82) is 0 Å². The monoisotopic (exact) mass is 357 g/mol. The fraction of sp³-hybridized carbons (Fsp3) is 0.400. The first-order valence-corrected chi connectivity index (χ1v) is 7.23. The zero-order chi connectivity index (χ0) is 14.7. The van der Waals surface area contributed by atoms with Crippen LogP contribution >= 0.6 is 24.8 Å². The molecule has 1 fully saturated rings. The predicted octanol–water partition coefficient (Wildman–Crippen LogP) is 1.97. The van der Waals surface area contributed by atoms with Gasteiger partial charge in [-0.2, -0.15) is 0 Å². The predicted molar refractivity (Wildman–Crippen MR) is 93.5 cm³/mol. The minimum atomic E-state index is -0.0656. The highest BCUT2D eigenvalue weighted by atomic mass is 35.5. The number of hydrogen-bond donors (Lipinski definition) is 2. The summed E-state index contributed by atoms with van der Waals surface area (Å²) in [5.41, 5.74) is 6.36. The summed E-state index contributed by atoms with van der Waals surface area (Å²) in [6.07, 6.45) is 10.0. The first-order chi connectivity index (χ1) is 10.3. The third-order valence-electron chi connectivity index (χ3n) is 4.05. The molecule has 8 heteroatoms. The van der Waals surface area contributed by atoms with Crippen LogP contribution in [0.1, 0.15) is 29.6 Å². The highest BCUT2D eigenvalue weighted by Crippen LogP contribution is 2.24. The van der Waals surface area contributed by atoms with E-state index in [1.165, 1.54) is 0 Å². The number of amides is 1. The van der Waals surface area contributed by atoms with Gasteiger partial charge in [0.1, 0.15) is 12.1 Å². The number of rotatable bonds is 4. The third-order valence-corrected chi connectivity index (χ3v) is 4.05. The number of nitrogens with two attached hydrogens (primary N) is 1. The maximum absolute atomic E-state index is 12.4. The molecule has 0 saturated heterocycles. The number of halogens is 2. The second-order valence-corrected chi connectivity index (χ2v) is 5.38. The Balaban J connectivity index is 0.00000132. The number of nitrogens with zero attached hydrogens (tertiary/aromatic N) is 3. The lowest BCUT2D eigenvalue weighted by Gasteiger charge is -2.19. The van der Waals surface area contributed by atoms with Crippen LogP contribution in [0.4, 0.5) is 0 Å².